The van der Waals surface area contributed by atoms with Crippen molar-refractivity contribution in [1.29, 1.82) is 0 Å². The zero-order valence-electron chi connectivity index (χ0n) is 9.86. The second-order valence-electron chi connectivity index (χ2n) is 4.55. The monoisotopic (exact) mass is 229 g/mol. The lowest BCUT2D eigenvalue weighted by atomic mass is 9.98. The summed E-state index contributed by atoms with van der Waals surface area (Å²) in [6.45, 7) is 1.93. The van der Waals surface area contributed by atoms with Gasteiger partial charge >= 0.3 is 0 Å². The third-order valence-corrected chi connectivity index (χ3v) is 3.28. The second-order valence-corrected chi connectivity index (χ2v) is 4.55. The largest absolute Gasteiger partial charge is 0.293 e. The molecular weight excluding hydrogens is 214 g/mol. The summed E-state index contributed by atoms with van der Waals surface area (Å²) in [7, 11) is 0. The number of rotatable bonds is 1. The van der Waals surface area contributed by atoms with E-state index in [1.165, 1.54) is 0 Å². The molecule has 0 aromatic carbocycles. The van der Waals surface area contributed by atoms with Crippen LogP contribution in [0.3, 0.4) is 0 Å². The predicted molar refractivity (Wildman–Crippen MR) is 65.6 cm³/mol. The molecule has 17 heavy (non-hydrogen) atoms. The number of nitrogens with zero attached hydrogens (tertiary/aromatic N) is 2. The van der Waals surface area contributed by atoms with E-state index in [4.69, 9.17) is 0 Å². The molecule has 2 heterocycles. The zero-order chi connectivity index (χ0) is 11.8. The SMILES string of the molecule is Cc1cccc(-n2[nH]c3c(c2=O)CCCC3)n1. The molecule has 0 amide bonds. The first-order valence-electron chi connectivity index (χ1n) is 6.02. The molecule has 1 aliphatic rings. The molecule has 2 aromatic heterocycles. The van der Waals surface area contributed by atoms with Crippen LogP contribution in [-0.4, -0.2) is 14.8 Å². The van der Waals surface area contributed by atoms with Crippen LogP contribution in [0.25, 0.3) is 5.82 Å². The predicted octanol–water partition coefficient (Wildman–Crippen LogP) is 1.75. The third kappa shape index (κ3) is 1.69. The number of aryl methyl sites for hydroxylation is 2. The van der Waals surface area contributed by atoms with Gasteiger partial charge in [0.15, 0.2) is 5.82 Å². The van der Waals surface area contributed by atoms with E-state index in [2.05, 4.69) is 10.1 Å². The highest BCUT2D eigenvalue weighted by molar-refractivity contribution is 5.28. The van der Waals surface area contributed by atoms with E-state index in [0.29, 0.717) is 5.82 Å². The molecule has 0 saturated heterocycles. The van der Waals surface area contributed by atoms with E-state index in [-0.39, 0.29) is 5.56 Å². The van der Waals surface area contributed by atoms with Crippen LogP contribution >= 0.6 is 0 Å². The molecule has 0 unspecified atom stereocenters. The first-order valence-corrected chi connectivity index (χ1v) is 6.02. The lowest BCUT2D eigenvalue weighted by Crippen LogP contribution is -2.19. The van der Waals surface area contributed by atoms with Crippen molar-refractivity contribution in [2.24, 2.45) is 0 Å². The van der Waals surface area contributed by atoms with Gasteiger partial charge in [0.1, 0.15) is 0 Å². The van der Waals surface area contributed by atoms with E-state index in [1.807, 2.05) is 25.1 Å². The van der Waals surface area contributed by atoms with Crippen molar-refractivity contribution in [3.63, 3.8) is 0 Å². The standard InChI is InChI=1S/C13H15N3O/c1-9-5-4-8-12(14-9)16-13(17)10-6-2-3-7-11(10)15-16/h4-5,8,15H,2-3,6-7H2,1H3. The van der Waals surface area contributed by atoms with Crippen molar-refractivity contribution in [3.8, 4) is 5.82 Å². The molecule has 0 spiro atoms. The van der Waals surface area contributed by atoms with Gasteiger partial charge in [-0.1, -0.05) is 6.07 Å². The highest BCUT2D eigenvalue weighted by Gasteiger charge is 2.18. The summed E-state index contributed by atoms with van der Waals surface area (Å²) < 4.78 is 1.57. The molecule has 4 heteroatoms. The molecule has 0 bridgehead atoms. The molecule has 4 nitrogen and oxygen atoms in total. The maximum Gasteiger partial charge on any atom is 0.276 e. The summed E-state index contributed by atoms with van der Waals surface area (Å²) in [6.07, 6.45) is 4.14. The van der Waals surface area contributed by atoms with Crippen LogP contribution in [0.1, 0.15) is 29.8 Å². The Labute approximate surface area is 99.3 Å². The number of hydrogen-bond acceptors (Lipinski definition) is 2. The lowest BCUT2D eigenvalue weighted by Gasteiger charge is -2.07. The fourth-order valence-electron chi connectivity index (χ4n) is 2.40. The summed E-state index contributed by atoms with van der Waals surface area (Å²) in [5.41, 5.74) is 3.02. The molecular formula is C13H15N3O. The average molecular weight is 229 g/mol. The molecule has 0 radical (unpaired) electrons. The zero-order valence-corrected chi connectivity index (χ0v) is 9.86. The molecule has 88 valence electrons. The summed E-state index contributed by atoms with van der Waals surface area (Å²) in [4.78, 5) is 16.6. The van der Waals surface area contributed by atoms with Crippen LogP contribution in [0, 0.1) is 6.92 Å². The quantitative estimate of drug-likeness (QED) is 0.810. The number of H-pyrrole nitrogens is 1. The Balaban J connectivity index is 2.16. The van der Waals surface area contributed by atoms with Crippen molar-refractivity contribution in [2.75, 3.05) is 0 Å². The fraction of sp³-hybridized carbons (Fsp3) is 0.385. The van der Waals surface area contributed by atoms with E-state index < -0.39 is 0 Å². The van der Waals surface area contributed by atoms with Crippen molar-refractivity contribution in [3.05, 3.63) is 45.5 Å². The summed E-state index contributed by atoms with van der Waals surface area (Å²) in [6, 6.07) is 5.71. The minimum absolute atomic E-state index is 0.0674. The van der Waals surface area contributed by atoms with E-state index >= 15 is 0 Å². The van der Waals surface area contributed by atoms with Gasteiger partial charge in [0.05, 0.1) is 0 Å². The van der Waals surface area contributed by atoms with Gasteiger partial charge in [-0.15, -0.1) is 0 Å². The minimum Gasteiger partial charge on any atom is -0.293 e. The van der Waals surface area contributed by atoms with Crippen molar-refractivity contribution in [2.45, 2.75) is 32.6 Å². The van der Waals surface area contributed by atoms with Crippen molar-refractivity contribution >= 4 is 0 Å². The van der Waals surface area contributed by atoms with Gasteiger partial charge in [0.25, 0.3) is 5.56 Å². The molecule has 1 N–H and O–H groups in total. The molecule has 1 aliphatic carbocycles. The number of aromatic amines is 1. The van der Waals surface area contributed by atoms with Gasteiger partial charge in [-0.2, -0.15) is 0 Å². The summed E-state index contributed by atoms with van der Waals surface area (Å²) >= 11 is 0. The highest BCUT2D eigenvalue weighted by Crippen LogP contribution is 2.17. The van der Waals surface area contributed by atoms with Crippen molar-refractivity contribution < 1.29 is 0 Å². The molecule has 0 aliphatic heterocycles. The number of pyridine rings is 1. The van der Waals surface area contributed by atoms with E-state index in [0.717, 1.165) is 42.6 Å². The van der Waals surface area contributed by atoms with Crippen LogP contribution in [-0.2, 0) is 12.8 Å². The number of fused-ring (bicyclic) bond motifs is 1. The Morgan fingerprint density at radius 2 is 2.12 bits per heavy atom. The van der Waals surface area contributed by atoms with Gasteiger partial charge in [0, 0.05) is 17.0 Å². The Morgan fingerprint density at radius 1 is 1.29 bits per heavy atom. The highest BCUT2D eigenvalue weighted by atomic mass is 16.1. The topological polar surface area (TPSA) is 50.7 Å². The van der Waals surface area contributed by atoms with Gasteiger partial charge in [-0.05, 0) is 44.7 Å². The number of aromatic nitrogens is 3. The van der Waals surface area contributed by atoms with Gasteiger partial charge in [-0.3, -0.25) is 9.89 Å². The Morgan fingerprint density at radius 3 is 2.88 bits per heavy atom. The normalized spacial score (nSPS) is 14.6. The fourth-order valence-corrected chi connectivity index (χ4v) is 2.40. The summed E-state index contributed by atoms with van der Waals surface area (Å²) in [5.74, 6) is 0.685. The van der Waals surface area contributed by atoms with Crippen LogP contribution < -0.4 is 5.56 Å². The number of hydrogen-bond donors (Lipinski definition) is 1. The van der Waals surface area contributed by atoms with E-state index in [1.54, 1.807) is 4.68 Å². The van der Waals surface area contributed by atoms with E-state index in [9.17, 15) is 4.79 Å². The van der Waals surface area contributed by atoms with Crippen LogP contribution in [0.15, 0.2) is 23.0 Å². The number of nitrogens with one attached hydrogen (secondary N) is 1. The molecule has 0 fully saturated rings. The van der Waals surface area contributed by atoms with Gasteiger partial charge < -0.3 is 0 Å². The maximum atomic E-state index is 12.2. The molecule has 0 saturated carbocycles. The van der Waals surface area contributed by atoms with Crippen molar-refractivity contribution in [1.82, 2.24) is 14.8 Å². The van der Waals surface area contributed by atoms with Crippen LogP contribution in [0.2, 0.25) is 0 Å². The van der Waals surface area contributed by atoms with Crippen LogP contribution in [0.4, 0.5) is 0 Å². The first kappa shape index (κ1) is 10.3. The van der Waals surface area contributed by atoms with Crippen LogP contribution in [0.5, 0.6) is 0 Å². The third-order valence-electron chi connectivity index (χ3n) is 3.28. The second kappa shape index (κ2) is 3.87. The summed E-state index contributed by atoms with van der Waals surface area (Å²) in [5, 5.41) is 3.19. The Kier molecular flexibility index (Phi) is 2.35. The van der Waals surface area contributed by atoms with Gasteiger partial charge in [-0.25, -0.2) is 9.67 Å². The van der Waals surface area contributed by atoms with Gasteiger partial charge in [0.2, 0.25) is 0 Å². The Bertz CT molecular complexity index is 609. The average Bonchev–Trinajstić information content (AvgIpc) is 2.68. The smallest absolute Gasteiger partial charge is 0.276 e. The first-order chi connectivity index (χ1) is 8.25. The lowest BCUT2D eigenvalue weighted by molar-refractivity contribution is 0.670. The molecule has 3 rings (SSSR count). The molecule has 2 aromatic rings. The molecule has 0 atom stereocenters. The minimum atomic E-state index is 0.0674. The maximum absolute atomic E-state index is 12.2. The Hall–Kier alpha value is -1.84.